The molecule has 146 valence electrons. The van der Waals surface area contributed by atoms with Gasteiger partial charge in [0.1, 0.15) is 17.1 Å². The number of non-ortho nitro benzene ring substituents is 1. The normalized spacial score (nSPS) is 15.9. The van der Waals surface area contributed by atoms with Crippen molar-refractivity contribution in [3.63, 3.8) is 0 Å². The van der Waals surface area contributed by atoms with E-state index < -0.39 is 10.5 Å². The summed E-state index contributed by atoms with van der Waals surface area (Å²) in [5.74, 6) is 0.136. The smallest absolute Gasteiger partial charge is 0.348 e. The standard InChI is InChI=1S/C21H16N2O5S/c1-12-10-17(24)20(21(25)28-12)16-11-19(13-6-8-14(9-7-13)23(26)27)29-18-5-3-2-4-15(18)22-16/h2-10,19,24H,11H2,1H3/t19-/m1/s1. The third-order valence-electron chi connectivity index (χ3n) is 4.59. The van der Waals surface area contributed by atoms with E-state index >= 15 is 0 Å². The van der Waals surface area contributed by atoms with Crippen LogP contribution in [0.5, 0.6) is 5.75 Å². The second kappa shape index (κ2) is 7.56. The van der Waals surface area contributed by atoms with Crippen molar-refractivity contribution in [2.45, 2.75) is 23.5 Å². The van der Waals surface area contributed by atoms with Crippen molar-refractivity contribution in [2.75, 3.05) is 0 Å². The van der Waals surface area contributed by atoms with E-state index in [1.54, 1.807) is 30.8 Å². The Morgan fingerprint density at radius 3 is 2.62 bits per heavy atom. The number of hydrogen-bond acceptors (Lipinski definition) is 7. The van der Waals surface area contributed by atoms with Gasteiger partial charge in [-0.3, -0.25) is 15.1 Å². The van der Waals surface area contributed by atoms with Gasteiger partial charge in [-0.05, 0) is 24.6 Å². The van der Waals surface area contributed by atoms with E-state index in [9.17, 15) is 20.0 Å². The summed E-state index contributed by atoms with van der Waals surface area (Å²) in [6.07, 6.45) is 0.346. The third kappa shape index (κ3) is 3.79. The van der Waals surface area contributed by atoms with E-state index in [4.69, 9.17) is 4.42 Å². The molecule has 0 saturated heterocycles. The summed E-state index contributed by atoms with van der Waals surface area (Å²) < 4.78 is 5.18. The van der Waals surface area contributed by atoms with Gasteiger partial charge in [-0.15, -0.1) is 11.8 Å². The fourth-order valence-electron chi connectivity index (χ4n) is 3.23. The first-order valence-electron chi connectivity index (χ1n) is 8.84. The molecule has 1 N–H and O–H groups in total. The molecule has 29 heavy (non-hydrogen) atoms. The molecule has 3 aromatic rings. The van der Waals surface area contributed by atoms with Crippen molar-refractivity contribution >= 4 is 28.8 Å². The van der Waals surface area contributed by atoms with Gasteiger partial charge in [-0.25, -0.2) is 4.79 Å². The van der Waals surface area contributed by atoms with Gasteiger partial charge in [0.15, 0.2) is 0 Å². The Balaban J connectivity index is 1.82. The minimum atomic E-state index is -0.645. The van der Waals surface area contributed by atoms with Crippen LogP contribution in [0.3, 0.4) is 0 Å². The zero-order valence-corrected chi connectivity index (χ0v) is 16.2. The first-order chi connectivity index (χ1) is 13.9. The highest BCUT2D eigenvalue weighted by molar-refractivity contribution is 7.99. The average Bonchev–Trinajstić information content (AvgIpc) is 2.87. The number of benzene rings is 2. The van der Waals surface area contributed by atoms with Gasteiger partial charge in [0.05, 0.1) is 16.3 Å². The highest BCUT2D eigenvalue weighted by Gasteiger charge is 2.26. The SMILES string of the molecule is Cc1cc(O)c(C2=Nc3ccccc3S[C@@H](c3ccc([N+](=O)[O-])cc3)C2)c(=O)o1. The Hall–Kier alpha value is -3.39. The molecule has 0 amide bonds. The van der Waals surface area contributed by atoms with E-state index in [-0.39, 0.29) is 22.3 Å². The minimum absolute atomic E-state index is 0.0125. The monoisotopic (exact) mass is 408 g/mol. The molecule has 8 heteroatoms. The molecule has 0 saturated carbocycles. The Morgan fingerprint density at radius 2 is 1.93 bits per heavy atom. The van der Waals surface area contributed by atoms with Crippen molar-refractivity contribution in [3.8, 4) is 5.75 Å². The molecule has 1 aromatic heterocycles. The lowest BCUT2D eigenvalue weighted by Gasteiger charge is -2.16. The second-order valence-corrected chi connectivity index (χ2v) is 7.83. The fraction of sp³-hybridized carbons (Fsp3) is 0.143. The number of aryl methyl sites for hydroxylation is 1. The lowest BCUT2D eigenvalue weighted by molar-refractivity contribution is -0.384. The summed E-state index contributed by atoms with van der Waals surface area (Å²) in [4.78, 5) is 28.5. The zero-order chi connectivity index (χ0) is 20.5. The second-order valence-electron chi connectivity index (χ2n) is 6.59. The third-order valence-corrected chi connectivity index (χ3v) is 5.91. The molecular weight excluding hydrogens is 392 g/mol. The molecule has 2 heterocycles. The summed E-state index contributed by atoms with van der Waals surface area (Å²) in [6.45, 7) is 1.59. The van der Waals surface area contributed by atoms with E-state index in [0.29, 0.717) is 23.6 Å². The fourth-order valence-corrected chi connectivity index (χ4v) is 4.46. The van der Waals surface area contributed by atoms with Gasteiger partial charge >= 0.3 is 5.63 Å². The number of nitro groups is 1. The van der Waals surface area contributed by atoms with Gasteiger partial charge in [-0.1, -0.05) is 24.3 Å². The van der Waals surface area contributed by atoms with Crippen molar-refractivity contribution in [1.29, 1.82) is 0 Å². The summed E-state index contributed by atoms with van der Waals surface area (Å²) in [5, 5.41) is 21.2. The number of thioether (sulfide) groups is 1. The van der Waals surface area contributed by atoms with Crippen molar-refractivity contribution in [3.05, 3.63) is 92.0 Å². The molecule has 4 rings (SSSR count). The van der Waals surface area contributed by atoms with E-state index in [1.807, 2.05) is 24.3 Å². The highest BCUT2D eigenvalue weighted by atomic mass is 32.2. The van der Waals surface area contributed by atoms with Crippen LogP contribution in [0.1, 0.15) is 28.6 Å². The quantitative estimate of drug-likeness (QED) is 0.487. The van der Waals surface area contributed by atoms with Crippen molar-refractivity contribution in [2.24, 2.45) is 4.99 Å². The van der Waals surface area contributed by atoms with Crippen LogP contribution in [-0.4, -0.2) is 15.7 Å². The Morgan fingerprint density at radius 1 is 1.21 bits per heavy atom. The number of rotatable bonds is 3. The van der Waals surface area contributed by atoms with Crippen molar-refractivity contribution in [1.82, 2.24) is 0 Å². The summed E-state index contributed by atoms with van der Waals surface area (Å²) >= 11 is 1.56. The molecule has 2 aromatic carbocycles. The van der Waals surface area contributed by atoms with E-state index in [1.165, 1.54) is 18.2 Å². The van der Waals surface area contributed by atoms with Crippen LogP contribution in [0.4, 0.5) is 11.4 Å². The molecule has 0 unspecified atom stereocenters. The number of fused-ring (bicyclic) bond motifs is 1. The molecule has 0 radical (unpaired) electrons. The predicted octanol–water partition coefficient (Wildman–Crippen LogP) is 4.92. The van der Waals surface area contributed by atoms with Crippen LogP contribution in [0.25, 0.3) is 0 Å². The number of para-hydroxylation sites is 1. The Labute approximate surface area is 169 Å². The van der Waals surface area contributed by atoms with Crippen LogP contribution in [0.2, 0.25) is 0 Å². The molecule has 0 spiro atoms. The maximum Gasteiger partial charge on any atom is 0.348 e. The first kappa shape index (κ1) is 18.9. The van der Waals surface area contributed by atoms with E-state index in [2.05, 4.69) is 4.99 Å². The van der Waals surface area contributed by atoms with Crippen LogP contribution in [0.15, 0.2) is 73.7 Å². The number of aliphatic imine (C=N–C) groups is 1. The van der Waals surface area contributed by atoms with Crippen LogP contribution in [0, 0.1) is 17.0 Å². The molecule has 7 nitrogen and oxygen atoms in total. The summed E-state index contributed by atoms with van der Waals surface area (Å²) in [6, 6.07) is 15.3. The summed E-state index contributed by atoms with van der Waals surface area (Å²) in [7, 11) is 0. The van der Waals surface area contributed by atoms with Crippen LogP contribution in [-0.2, 0) is 0 Å². The molecule has 1 aliphatic heterocycles. The number of hydrogen-bond donors (Lipinski definition) is 1. The van der Waals surface area contributed by atoms with Crippen LogP contribution >= 0.6 is 11.8 Å². The maximum absolute atomic E-state index is 12.5. The predicted molar refractivity (Wildman–Crippen MR) is 110 cm³/mol. The Bertz CT molecular complexity index is 1180. The number of nitro benzene ring substituents is 1. The average molecular weight is 408 g/mol. The molecule has 0 bridgehead atoms. The molecule has 0 fully saturated rings. The van der Waals surface area contributed by atoms with Gasteiger partial charge in [-0.2, -0.15) is 0 Å². The molecule has 1 atom stereocenters. The zero-order valence-electron chi connectivity index (χ0n) is 15.4. The van der Waals surface area contributed by atoms with Gasteiger partial charge in [0.2, 0.25) is 0 Å². The lowest BCUT2D eigenvalue weighted by atomic mass is 10.0. The Kier molecular flexibility index (Phi) is 4.94. The first-order valence-corrected chi connectivity index (χ1v) is 9.72. The lowest BCUT2D eigenvalue weighted by Crippen LogP contribution is -2.17. The highest BCUT2D eigenvalue weighted by Crippen LogP contribution is 2.46. The molecule has 0 aliphatic carbocycles. The number of aromatic hydroxyl groups is 1. The minimum Gasteiger partial charge on any atom is -0.507 e. The van der Waals surface area contributed by atoms with Gasteiger partial charge in [0.25, 0.3) is 5.69 Å². The van der Waals surface area contributed by atoms with Crippen molar-refractivity contribution < 1.29 is 14.4 Å². The maximum atomic E-state index is 12.5. The molecular formula is C21H16N2O5S. The van der Waals surface area contributed by atoms with Crippen LogP contribution < -0.4 is 5.63 Å². The summed E-state index contributed by atoms with van der Waals surface area (Å²) in [5.41, 5.74) is 1.38. The van der Waals surface area contributed by atoms with Gasteiger partial charge in [0, 0.05) is 34.8 Å². The molecule has 1 aliphatic rings. The van der Waals surface area contributed by atoms with E-state index in [0.717, 1.165) is 10.5 Å². The largest absolute Gasteiger partial charge is 0.507 e. The van der Waals surface area contributed by atoms with Gasteiger partial charge < -0.3 is 9.52 Å². The topological polar surface area (TPSA) is 106 Å². The number of nitrogens with zero attached hydrogens (tertiary/aromatic N) is 2.